The average molecular weight is 343 g/mol. The van der Waals surface area contributed by atoms with Crippen molar-refractivity contribution < 1.29 is 19.4 Å². The van der Waals surface area contributed by atoms with E-state index in [1.807, 2.05) is 0 Å². The number of nitrogens with zero attached hydrogens (tertiary/aromatic N) is 3. The fourth-order valence-electron chi connectivity index (χ4n) is 2.81. The molecule has 2 aromatic carbocycles. The van der Waals surface area contributed by atoms with Gasteiger partial charge in [-0.2, -0.15) is 0 Å². The zero-order valence-corrected chi connectivity index (χ0v) is 13.2. The molecule has 1 aliphatic rings. The quantitative estimate of drug-likeness (QED) is 0.622. The van der Waals surface area contributed by atoms with Crippen molar-refractivity contribution in [1.29, 1.82) is 0 Å². The van der Waals surface area contributed by atoms with Crippen molar-refractivity contribution in [2.24, 2.45) is 0 Å². The number of ether oxygens (including phenoxy) is 1. The van der Waals surface area contributed by atoms with Gasteiger partial charge in [0.2, 0.25) is 0 Å². The third kappa shape index (κ3) is 2.87. The highest BCUT2D eigenvalue weighted by atomic mass is 16.6. The molecule has 0 atom stereocenters. The first-order chi connectivity index (χ1) is 11.9. The van der Waals surface area contributed by atoms with Crippen LogP contribution in [0.15, 0.2) is 36.4 Å². The third-order valence-electron chi connectivity index (χ3n) is 4.04. The normalized spacial score (nSPS) is 12.6. The van der Waals surface area contributed by atoms with Crippen molar-refractivity contribution in [3.05, 3.63) is 67.8 Å². The molecule has 0 unspecified atom stereocenters. The van der Waals surface area contributed by atoms with Crippen LogP contribution in [0.2, 0.25) is 0 Å². The molecule has 0 spiro atoms. The molecule has 0 radical (unpaired) electrons. The number of carbonyl (C=O) groups is 1. The molecule has 128 valence electrons. The second-order valence-corrected chi connectivity index (χ2v) is 5.42. The van der Waals surface area contributed by atoms with E-state index >= 15 is 0 Å². The van der Waals surface area contributed by atoms with Gasteiger partial charge in [0.1, 0.15) is 0 Å². The second kappa shape index (κ2) is 6.19. The van der Waals surface area contributed by atoms with Crippen LogP contribution in [0.5, 0.6) is 5.75 Å². The lowest BCUT2D eigenvalue weighted by atomic mass is 10.1. The van der Waals surface area contributed by atoms with Crippen LogP contribution in [-0.2, 0) is 6.42 Å². The number of hydrogen-bond acceptors (Lipinski definition) is 6. The van der Waals surface area contributed by atoms with Crippen molar-refractivity contribution in [3.63, 3.8) is 0 Å². The topological polar surface area (TPSA) is 116 Å². The largest absolute Gasteiger partial charge is 0.490 e. The van der Waals surface area contributed by atoms with Crippen LogP contribution in [-0.4, -0.2) is 29.4 Å². The minimum atomic E-state index is -0.627. The number of nitro benzene ring substituents is 2. The molecule has 0 saturated carbocycles. The van der Waals surface area contributed by atoms with Gasteiger partial charge in [0, 0.05) is 30.3 Å². The summed E-state index contributed by atoms with van der Waals surface area (Å²) in [5.41, 5.74) is 0.970. The Balaban J connectivity index is 1.99. The molecule has 1 amide bonds. The molecule has 25 heavy (non-hydrogen) atoms. The van der Waals surface area contributed by atoms with Gasteiger partial charge in [0.15, 0.2) is 5.75 Å². The molecule has 0 aliphatic carbocycles. The summed E-state index contributed by atoms with van der Waals surface area (Å²) >= 11 is 0. The average Bonchev–Trinajstić information content (AvgIpc) is 3.03. The first kappa shape index (κ1) is 16.4. The number of hydrogen-bond donors (Lipinski definition) is 0. The van der Waals surface area contributed by atoms with E-state index in [2.05, 4.69) is 0 Å². The summed E-state index contributed by atoms with van der Waals surface area (Å²) in [5.74, 6) is -0.399. The van der Waals surface area contributed by atoms with E-state index in [4.69, 9.17) is 4.74 Å². The molecule has 0 aromatic heterocycles. The number of fused-ring (bicyclic) bond motifs is 1. The molecule has 2 aromatic rings. The molecule has 0 bridgehead atoms. The van der Waals surface area contributed by atoms with Crippen molar-refractivity contribution in [2.45, 2.75) is 6.42 Å². The zero-order chi connectivity index (χ0) is 18.1. The smallest absolute Gasteiger partial charge is 0.311 e. The Kier molecular flexibility index (Phi) is 4.05. The molecule has 0 N–H and O–H groups in total. The van der Waals surface area contributed by atoms with Crippen molar-refractivity contribution in [2.75, 3.05) is 18.6 Å². The van der Waals surface area contributed by atoms with Gasteiger partial charge in [-0.1, -0.05) is 6.07 Å². The summed E-state index contributed by atoms with van der Waals surface area (Å²) in [4.78, 5) is 35.1. The van der Waals surface area contributed by atoms with Crippen LogP contribution in [0.3, 0.4) is 0 Å². The summed E-state index contributed by atoms with van der Waals surface area (Å²) in [5, 5.41) is 22.1. The van der Waals surface area contributed by atoms with Gasteiger partial charge in [0.25, 0.3) is 11.6 Å². The molecule has 3 rings (SSSR count). The molecule has 1 heterocycles. The highest BCUT2D eigenvalue weighted by Gasteiger charge is 2.29. The molecule has 0 saturated heterocycles. The highest BCUT2D eigenvalue weighted by molar-refractivity contribution is 6.08. The van der Waals surface area contributed by atoms with Crippen LogP contribution >= 0.6 is 0 Å². The number of benzene rings is 2. The van der Waals surface area contributed by atoms with E-state index in [0.717, 1.165) is 11.6 Å². The fourth-order valence-corrected chi connectivity index (χ4v) is 2.81. The Labute approximate surface area is 141 Å². The Morgan fingerprint density at radius 2 is 1.88 bits per heavy atom. The SMILES string of the molecule is COc1ccc(C(=O)N2CCc3ccc([N+](=O)[O-])cc32)cc1[N+](=O)[O-]. The number of nitro groups is 2. The monoisotopic (exact) mass is 343 g/mol. The second-order valence-electron chi connectivity index (χ2n) is 5.42. The number of non-ortho nitro benzene ring substituents is 1. The predicted molar refractivity (Wildman–Crippen MR) is 88.1 cm³/mol. The first-order valence-electron chi connectivity index (χ1n) is 7.34. The van der Waals surface area contributed by atoms with Gasteiger partial charge in [-0.15, -0.1) is 0 Å². The number of amides is 1. The van der Waals surface area contributed by atoms with Gasteiger partial charge >= 0.3 is 5.69 Å². The standard InChI is InChI=1S/C16H13N3O6/c1-25-15-5-3-11(8-14(15)19(23)24)16(20)17-7-6-10-2-4-12(18(21)22)9-13(10)17/h2-5,8-9H,6-7H2,1H3. The zero-order valence-electron chi connectivity index (χ0n) is 13.2. The molecule has 9 heteroatoms. The van der Waals surface area contributed by atoms with Gasteiger partial charge in [-0.25, -0.2) is 0 Å². The molecule has 0 fully saturated rings. The Morgan fingerprint density at radius 3 is 2.52 bits per heavy atom. The van der Waals surface area contributed by atoms with Gasteiger partial charge < -0.3 is 9.64 Å². The maximum absolute atomic E-state index is 12.8. The summed E-state index contributed by atoms with van der Waals surface area (Å²) < 4.78 is 4.92. The Hall–Kier alpha value is -3.49. The number of carbonyl (C=O) groups excluding carboxylic acids is 1. The van der Waals surface area contributed by atoms with Crippen LogP contribution in [0.4, 0.5) is 17.1 Å². The van der Waals surface area contributed by atoms with E-state index in [1.165, 1.54) is 36.3 Å². The summed E-state index contributed by atoms with van der Waals surface area (Å²) in [6, 6.07) is 8.30. The van der Waals surface area contributed by atoms with Crippen LogP contribution in [0.1, 0.15) is 15.9 Å². The predicted octanol–water partition coefficient (Wildman–Crippen LogP) is 2.71. The lowest BCUT2D eigenvalue weighted by Gasteiger charge is -2.17. The molecule has 1 aliphatic heterocycles. The van der Waals surface area contributed by atoms with Gasteiger partial charge in [0.05, 0.1) is 22.6 Å². The molecular formula is C16H13N3O6. The molecular weight excluding hydrogens is 330 g/mol. The van der Waals surface area contributed by atoms with Crippen molar-refractivity contribution >= 4 is 23.0 Å². The lowest BCUT2D eigenvalue weighted by Crippen LogP contribution is -2.29. The van der Waals surface area contributed by atoms with Crippen LogP contribution in [0, 0.1) is 20.2 Å². The van der Waals surface area contributed by atoms with Crippen LogP contribution < -0.4 is 9.64 Å². The van der Waals surface area contributed by atoms with Gasteiger partial charge in [-0.3, -0.25) is 25.0 Å². The van der Waals surface area contributed by atoms with E-state index in [9.17, 15) is 25.0 Å². The van der Waals surface area contributed by atoms with Gasteiger partial charge in [-0.05, 0) is 24.1 Å². The van der Waals surface area contributed by atoms with Crippen LogP contribution in [0.25, 0.3) is 0 Å². The number of anilines is 1. The Bertz CT molecular complexity index is 895. The number of rotatable bonds is 4. The maximum Gasteiger partial charge on any atom is 0.311 e. The van der Waals surface area contributed by atoms with E-state index < -0.39 is 15.8 Å². The maximum atomic E-state index is 12.8. The minimum absolute atomic E-state index is 0.0546. The van der Waals surface area contributed by atoms with Crippen molar-refractivity contribution in [3.8, 4) is 5.75 Å². The van der Waals surface area contributed by atoms with E-state index in [0.29, 0.717) is 18.7 Å². The van der Waals surface area contributed by atoms with E-state index in [1.54, 1.807) is 6.07 Å². The summed E-state index contributed by atoms with van der Waals surface area (Å²) in [6.45, 7) is 0.356. The molecule has 9 nitrogen and oxygen atoms in total. The fraction of sp³-hybridized carbons (Fsp3) is 0.188. The lowest BCUT2D eigenvalue weighted by molar-refractivity contribution is -0.385. The summed E-state index contributed by atoms with van der Waals surface area (Å²) in [6.07, 6.45) is 0.567. The highest BCUT2D eigenvalue weighted by Crippen LogP contribution is 2.34. The number of methoxy groups -OCH3 is 1. The first-order valence-corrected chi connectivity index (χ1v) is 7.34. The summed E-state index contributed by atoms with van der Waals surface area (Å²) in [7, 11) is 1.31. The Morgan fingerprint density at radius 1 is 1.12 bits per heavy atom. The van der Waals surface area contributed by atoms with Crippen molar-refractivity contribution in [1.82, 2.24) is 0 Å². The van der Waals surface area contributed by atoms with E-state index in [-0.39, 0.29) is 22.7 Å². The third-order valence-corrected chi connectivity index (χ3v) is 4.04. The minimum Gasteiger partial charge on any atom is -0.490 e.